The number of fused-ring (bicyclic) bond motifs is 1. The van der Waals surface area contributed by atoms with Gasteiger partial charge in [0.25, 0.3) is 0 Å². The number of aryl methyl sites for hydroxylation is 2. The smallest absolute Gasteiger partial charge is 0.220 e. The van der Waals surface area contributed by atoms with Gasteiger partial charge in [0.15, 0.2) is 0 Å². The fourth-order valence-corrected chi connectivity index (χ4v) is 2.65. The molecule has 0 aliphatic heterocycles. The molecule has 92 valence electrons. The molecular formula is C13H19N3O. The van der Waals surface area contributed by atoms with Gasteiger partial charge in [0.1, 0.15) is 0 Å². The van der Waals surface area contributed by atoms with Crippen molar-refractivity contribution in [2.75, 3.05) is 0 Å². The zero-order valence-electron chi connectivity index (χ0n) is 10.3. The molecule has 1 fully saturated rings. The number of hydrogen-bond acceptors (Lipinski definition) is 2. The number of amides is 1. The van der Waals surface area contributed by atoms with E-state index in [-0.39, 0.29) is 5.91 Å². The van der Waals surface area contributed by atoms with Crippen molar-refractivity contribution < 1.29 is 4.79 Å². The van der Waals surface area contributed by atoms with Crippen molar-refractivity contribution in [2.24, 2.45) is 13.0 Å². The van der Waals surface area contributed by atoms with Crippen LogP contribution in [0.15, 0.2) is 0 Å². The van der Waals surface area contributed by atoms with E-state index < -0.39 is 0 Å². The molecular weight excluding hydrogens is 214 g/mol. The highest BCUT2D eigenvalue weighted by molar-refractivity contribution is 5.76. The first-order chi connectivity index (χ1) is 8.24. The zero-order valence-corrected chi connectivity index (χ0v) is 10.3. The van der Waals surface area contributed by atoms with Gasteiger partial charge in [-0.05, 0) is 43.6 Å². The molecule has 1 heterocycles. The minimum Gasteiger partial charge on any atom is -0.350 e. The van der Waals surface area contributed by atoms with Gasteiger partial charge in [0, 0.05) is 13.5 Å². The minimum absolute atomic E-state index is 0.195. The van der Waals surface area contributed by atoms with Crippen LogP contribution in [-0.4, -0.2) is 15.7 Å². The van der Waals surface area contributed by atoms with Crippen LogP contribution in [0.25, 0.3) is 0 Å². The lowest BCUT2D eigenvalue weighted by Crippen LogP contribution is -2.24. The monoisotopic (exact) mass is 233 g/mol. The molecule has 1 saturated carbocycles. The van der Waals surface area contributed by atoms with E-state index in [9.17, 15) is 4.79 Å². The van der Waals surface area contributed by atoms with Crippen molar-refractivity contribution >= 4 is 5.91 Å². The number of aromatic nitrogens is 2. The van der Waals surface area contributed by atoms with Gasteiger partial charge in [-0.1, -0.05) is 0 Å². The normalized spacial score (nSPS) is 18.2. The van der Waals surface area contributed by atoms with Crippen LogP contribution < -0.4 is 5.32 Å². The molecule has 1 aromatic heterocycles. The SMILES string of the molecule is Cn1nc2c(c1CNC(=O)CC1CC1)CCC2. The van der Waals surface area contributed by atoms with E-state index in [1.165, 1.54) is 36.2 Å². The lowest BCUT2D eigenvalue weighted by molar-refractivity contribution is -0.121. The molecule has 17 heavy (non-hydrogen) atoms. The van der Waals surface area contributed by atoms with E-state index in [2.05, 4.69) is 10.4 Å². The highest BCUT2D eigenvalue weighted by Gasteiger charge is 2.25. The van der Waals surface area contributed by atoms with Crippen molar-refractivity contribution in [3.05, 3.63) is 17.0 Å². The second-order valence-corrected chi connectivity index (χ2v) is 5.27. The minimum atomic E-state index is 0.195. The van der Waals surface area contributed by atoms with Crippen molar-refractivity contribution in [1.82, 2.24) is 15.1 Å². The number of nitrogens with one attached hydrogen (secondary N) is 1. The Kier molecular flexibility index (Phi) is 2.65. The Balaban J connectivity index is 1.62. The summed E-state index contributed by atoms with van der Waals surface area (Å²) in [6, 6.07) is 0. The van der Waals surface area contributed by atoms with Gasteiger partial charge in [-0.15, -0.1) is 0 Å². The molecule has 1 aromatic rings. The van der Waals surface area contributed by atoms with Gasteiger partial charge in [-0.2, -0.15) is 5.10 Å². The van der Waals surface area contributed by atoms with E-state index >= 15 is 0 Å². The molecule has 2 aliphatic rings. The number of rotatable bonds is 4. The van der Waals surface area contributed by atoms with E-state index in [4.69, 9.17) is 0 Å². The molecule has 0 saturated heterocycles. The molecule has 0 unspecified atom stereocenters. The summed E-state index contributed by atoms with van der Waals surface area (Å²) >= 11 is 0. The first kappa shape index (κ1) is 10.8. The Hall–Kier alpha value is -1.32. The molecule has 0 spiro atoms. The van der Waals surface area contributed by atoms with E-state index in [0.717, 1.165) is 12.8 Å². The maximum atomic E-state index is 11.7. The van der Waals surface area contributed by atoms with Crippen LogP contribution in [0.2, 0.25) is 0 Å². The lowest BCUT2D eigenvalue weighted by atomic mass is 10.2. The summed E-state index contributed by atoms with van der Waals surface area (Å²) in [5.41, 5.74) is 3.81. The highest BCUT2D eigenvalue weighted by Crippen LogP contribution is 2.32. The average molecular weight is 233 g/mol. The van der Waals surface area contributed by atoms with E-state index in [0.29, 0.717) is 18.9 Å². The third-order valence-corrected chi connectivity index (χ3v) is 3.82. The van der Waals surface area contributed by atoms with Gasteiger partial charge in [-0.25, -0.2) is 0 Å². The summed E-state index contributed by atoms with van der Waals surface area (Å²) in [6.45, 7) is 0.643. The van der Waals surface area contributed by atoms with Gasteiger partial charge in [0.05, 0.1) is 17.9 Å². The van der Waals surface area contributed by atoms with Crippen LogP contribution in [0, 0.1) is 5.92 Å². The van der Waals surface area contributed by atoms with Crippen molar-refractivity contribution in [3.8, 4) is 0 Å². The van der Waals surface area contributed by atoms with Crippen LogP contribution in [0.3, 0.4) is 0 Å². The highest BCUT2D eigenvalue weighted by atomic mass is 16.1. The molecule has 1 amide bonds. The summed E-state index contributed by atoms with van der Waals surface area (Å²) in [7, 11) is 1.97. The quantitative estimate of drug-likeness (QED) is 0.852. The maximum absolute atomic E-state index is 11.7. The van der Waals surface area contributed by atoms with Crippen LogP contribution in [0.1, 0.15) is 42.6 Å². The standard InChI is InChI=1S/C13H19N3O/c1-16-12(10-3-2-4-11(10)15-16)8-14-13(17)7-9-5-6-9/h9H,2-8H2,1H3,(H,14,17). The van der Waals surface area contributed by atoms with Crippen LogP contribution in [0.4, 0.5) is 0 Å². The topological polar surface area (TPSA) is 46.9 Å². The molecule has 1 N–H and O–H groups in total. The largest absolute Gasteiger partial charge is 0.350 e. The Morgan fingerprint density at radius 1 is 1.47 bits per heavy atom. The molecule has 0 bridgehead atoms. The van der Waals surface area contributed by atoms with Crippen LogP contribution in [-0.2, 0) is 31.2 Å². The molecule has 0 aromatic carbocycles. The zero-order chi connectivity index (χ0) is 11.8. The fourth-order valence-electron chi connectivity index (χ4n) is 2.65. The predicted octanol–water partition coefficient (Wildman–Crippen LogP) is 1.33. The molecule has 2 aliphatic carbocycles. The number of nitrogens with zero attached hydrogens (tertiary/aromatic N) is 2. The van der Waals surface area contributed by atoms with E-state index in [1.54, 1.807) is 0 Å². The first-order valence-corrected chi connectivity index (χ1v) is 6.54. The lowest BCUT2D eigenvalue weighted by Gasteiger charge is -2.07. The Morgan fingerprint density at radius 2 is 2.29 bits per heavy atom. The Morgan fingerprint density at radius 3 is 3.06 bits per heavy atom. The third kappa shape index (κ3) is 2.21. The fraction of sp³-hybridized carbons (Fsp3) is 0.692. The summed E-state index contributed by atoms with van der Waals surface area (Å²) in [6.07, 6.45) is 6.60. The Labute approximate surface area is 101 Å². The molecule has 3 rings (SSSR count). The third-order valence-electron chi connectivity index (χ3n) is 3.82. The number of hydrogen-bond donors (Lipinski definition) is 1. The maximum Gasteiger partial charge on any atom is 0.220 e. The van der Waals surface area contributed by atoms with E-state index in [1.807, 2.05) is 11.7 Å². The second kappa shape index (κ2) is 4.17. The summed E-state index contributed by atoms with van der Waals surface area (Å²) < 4.78 is 1.93. The second-order valence-electron chi connectivity index (χ2n) is 5.27. The van der Waals surface area contributed by atoms with Crippen LogP contribution in [0.5, 0.6) is 0 Å². The van der Waals surface area contributed by atoms with Gasteiger partial charge in [-0.3, -0.25) is 9.48 Å². The summed E-state index contributed by atoms with van der Waals surface area (Å²) in [5.74, 6) is 0.854. The molecule has 0 radical (unpaired) electrons. The van der Waals surface area contributed by atoms with Crippen molar-refractivity contribution in [3.63, 3.8) is 0 Å². The molecule has 4 nitrogen and oxygen atoms in total. The van der Waals surface area contributed by atoms with Crippen molar-refractivity contribution in [2.45, 2.75) is 45.1 Å². The van der Waals surface area contributed by atoms with Gasteiger partial charge >= 0.3 is 0 Å². The van der Waals surface area contributed by atoms with Gasteiger partial charge < -0.3 is 5.32 Å². The van der Waals surface area contributed by atoms with Crippen LogP contribution >= 0.6 is 0 Å². The summed E-state index contributed by atoms with van der Waals surface area (Å²) in [4.78, 5) is 11.7. The van der Waals surface area contributed by atoms with Crippen molar-refractivity contribution in [1.29, 1.82) is 0 Å². The molecule has 0 atom stereocenters. The molecule has 4 heteroatoms. The summed E-state index contributed by atoms with van der Waals surface area (Å²) in [5, 5.41) is 7.53. The average Bonchev–Trinajstić information content (AvgIpc) is 2.88. The predicted molar refractivity (Wildman–Crippen MR) is 64.4 cm³/mol. The first-order valence-electron chi connectivity index (χ1n) is 6.54. The van der Waals surface area contributed by atoms with Gasteiger partial charge in [0.2, 0.25) is 5.91 Å². The number of carbonyl (C=O) groups excluding carboxylic acids is 1. The number of carbonyl (C=O) groups is 1. The Bertz CT molecular complexity index is 446.